The van der Waals surface area contributed by atoms with Crippen molar-refractivity contribution >= 4 is 27.4 Å². The first-order chi connectivity index (χ1) is 10.4. The van der Waals surface area contributed by atoms with Crippen LogP contribution in [0.1, 0.15) is 11.1 Å². The zero-order valence-corrected chi connectivity index (χ0v) is 12.3. The molecule has 1 aromatic heterocycles. The number of rotatable bonds is 2. The number of nitro benzene ring substituents is 1. The Morgan fingerprint density at radius 3 is 2.45 bits per heavy atom. The quantitative estimate of drug-likeness (QED) is 0.618. The second-order valence-electron chi connectivity index (χ2n) is 4.14. The highest BCUT2D eigenvalue weighted by atomic mass is 79.9. The first kappa shape index (κ1) is 15.2. The van der Waals surface area contributed by atoms with E-state index in [1.807, 2.05) is 0 Å². The van der Waals surface area contributed by atoms with Crippen LogP contribution in [0.2, 0.25) is 0 Å². The van der Waals surface area contributed by atoms with Crippen LogP contribution in [0.25, 0.3) is 11.1 Å². The highest BCUT2D eigenvalue weighted by molar-refractivity contribution is 9.10. The molecule has 0 radical (unpaired) electrons. The van der Waals surface area contributed by atoms with Crippen molar-refractivity contribution in [2.75, 3.05) is 5.73 Å². The Bertz CT molecular complexity index is 936. The number of nitrogens with two attached hydrogens (primary N) is 1. The van der Waals surface area contributed by atoms with E-state index >= 15 is 0 Å². The third-order valence-corrected chi connectivity index (χ3v) is 3.57. The minimum Gasteiger partial charge on any atom is -0.384 e. The SMILES string of the molecule is N#Cc1c(N)[nH]c(=O)c(C#N)c1-c1ccc(Br)c([N+](=O)[O-])c1. The zero-order chi connectivity index (χ0) is 16.4. The van der Waals surface area contributed by atoms with Crippen LogP contribution in [0, 0.1) is 32.8 Å². The van der Waals surface area contributed by atoms with Gasteiger partial charge in [-0.1, -0.05) is 6.07 Å². The van der Waals surface area contributed by atoms with E-state index in [0.717, 1.165) is 0 Å². The van der Waals surface area contributed by atoms with Crippen molar-refractivity contribution in [1.29, 1.82) is 10.5 Å². The summed E-state index contributed by atoms with van der Waals surface area (Å²) in [6.45, 7) is 0. The van der Waals surface area contributed by atoms with Crippen molar-refractivity contribution in [1.82, 2.24) is 4.98 Å². The molecule has 22 heavy (non-hydrogen) atoms. The van der Waals surface area contributed by atoms with E-state index in [4.69, 9.17) is 11.0 Å². The van der Waals surface area contributed by atoms with Crippen molar-refractivity contribution in [3.05, 3.63) is 54.3 Å². The van der Waals surface area contributed by atoms with Crippen molar-refractivity contribution in [2.45, 2.75) is 0 Å². The van der Waals surface area contributed by atoms with Gasteiger partial charge in [-0.05, 0) is 27.6 Å². The molecule has 9 heteroatoms. The van der Waals surface area contributed by atoms with Gasteiger partial charge in [0.1, 0.15) is 29.1 Å². The second-order valence-corrected chi connectivity index (χ2v) is 4.99. The maximum absolute atomic E-state index is 11.8. The molecule has 0 saturated heterocycles. The molecular formula is C13H6BrN5O3. The fourth-order valence-electron chi connectivity index (χ4n) is 1.94. The van der Waals surface area contributed by atoms with E-state index in [9.17, 15) is 20.2 Å². The number of nitrogens with zero attached hydrogens (tertiary/aromatic N) is 3. The van der Waals surface area contributed by atoms with E-state index in [2.05, 4.69) is 20.9 Å². The molecule has 0 aliphatic carbocycles. The number of hydrogen-bond acceptors (Lipinski definition) is 6. The van der Waals surface area contributed by atoms with Gasteiger partial charge >= 0.3 is 0 Å². The Balaban J connectivity index is 2.92. The predicted octanol–water partition coefficient (Wildman–Crippen LogP) is 2.04. The lowest BCUT2D eigenvalue weighted by Gasteiger charge is -2.09. The standard InChI is InChI=1S/C13H6BrN5O3/c14-9-2-1-6(3-10(9)19(21)22)11-7(4-15)12(17)18-13(20)8(11)5-16/h1-3H,(H3,17,18,20). The van der Waals surface area contributed by atoms with E-state index in [1.165, 1.54) is 18.2 Å². The van der Waals surface area contributed by atoms with Crippen LogP contribution in [0.5, 0.6) is 0 Å². The summed E-state index contributed by atoms with van der Waals surface area (Å²) in [7, 11) is 0. The molecule has 0 unspecified atom stereocenters. The lowest BCUT2D eigenvalue weighted by Crippen LogP contribution is -2.16. The van der Waals surface area contributed by atoms with Gasteiger partial charge in [0.2, 0.25) is 0 Å². The lowest BCUT2D eigenvalue weighted by atomic mass is 9.96. The van der Waals surface area contributed by atoms with Crippen molar-refractivity contribution in [3.8, 4) is 23.3 Å². The number of benzene rings is 1. The Morgan fingerprint density at radius 1 is 1.27 bits per heavy atom. The molecule has 1 heterocycles. The van der Waals surface area contributed by atoms with Crippen molar-refractivity contribution < 1.29 is 4.92 Å². The van der Waals surface area contributed by atoms with Gasteiger partial charge in [-0.3, -0.25) is 14.9 Å². The number of aromatic amines is 1. The van der Waals surface area contributed by atoms with Gasteiger partial charge in [-0.2, -0.15) is 10.5 Å². The van der Waals surface area contributed by atoms with Crippen LogP contribution in [0.15, 0.2) is 27.5 Å². The van der Waals surface area contributed by atoms with Crippen LogP contribution < -0.4 is 11.3 Å². The van der Waals surface area contributed by atoms with Crippen LogP contribution in [-0.2, 0) is 0 Å². The molecule has 0 bridgehead atoms. The molecule has 0 spiro atoms. The highest BCUT2D eigenvalue weighted by Crippen LogP contribution is 2.34. The minimum atomic E-state index is -0.764. The van der Waals surface area contributed by atoms with Crippen LogP contribution >= 0.6 is 15.9 Å². The zero-order valence-electron chi connectivity index (χ0n) is 10.8. The summed E-state index contributed by atoms with van der Waals surface area (Å²) in [5.41, 5.74) is 4.27. The third-order valence-electron chi connectivity index (χ3n) is 2.90. The number of nitrogen functional groups attached to an aromatic ring is 1. The number of nitrogens with one attached hydrogen (secondary N) is 1. The topological polar surface area (TPSA) is 150 Å². The first-order valence-corrected chi connectivity index (χ1v) is 6.50. The van der Waals surface area contributed by atoms with Crippen molar-refractivity contribution in [2.24, 2.45) is 0 Å². The Labute approximate surface area is 131 Å². The van der Waals surface area contributed by atoms with E-state index in [-0.39, 0.29) is 38.2 Å². The van der Waals surface area contributed by atoms with Gasteiger partial charge < -0.3 is 10.7 Å². The summed E-state index contributed by atoms with van der Waals surface area (Å²) in [5.74, 6) is -0.202. The largest absolute Gasteiger partial charge is 0.384 e. The summed E-state index contributed by atoms with van der Waals surface area (Å²) in [4.78, 5) is 24.4. The lowest BCUT2D eigenvalue weighted by molar-refractivity contribution is -0.385. The molecule has 0 aliphatic heterocycles. The normalized spacial score (nSPS) is 9.77. The molecule has 108 valence electrons. The fourth-order valence-corrected chi connectivity index (χ4v) is 2.33. The number of H-pyrrole nitrogens is 1. The molecule has 0 amide bonds. The Kier molecular flexibility index (Phi) is 3.93. The average Bonchev–Trinajstić information content (AvgIpc) is 2.47. The van der Waals surface area contributed by atoms with Gasteiger partial charge in [0.15, 0.2) is 0 Å². The minimum absolute atomic E-state index is 0.0261. The van der Waals surface area contributed by atoms with Gasteiger partial charge in [0, 0.05) is 11.6 Å². The molecule has 0 saturated carbocycles. The van der Waals surface area contributed by atoms with Crippen LogP contribution in [0.3, 0.4) is 0 Å². The summed E-state index contributed by atoms with van der Waals surface area (Å²) in [6, 6.07) is 7.51. The van der Waals surface area contributed by atoms with E-state index in [0.29, 0.717) is 0 Å². The second kappa shape index (κ2) is 5.68. The summed E-state index contributed by atoms with van der Waals surface area (Å²) in [6.07, 6.45) is 0. The third kappa shape index (κ3) is 2.41. The van der Waals surface area contributed by atoms with E-state index in [1.54, 1.807) is 12.1 Å². The van der Waals surface area contributed by atoms with Crippen LogP contribution in [0.4, 0.5) is 11.5 Å². The number of nitriles is 2. The van der Waals surface area contributed by atoms with Crippen LogP contribution in [-0.4, -0.2) is 9.91 Å². The number of hydrogen-bond donors (Lipinski definition) is 2. The summed E-state index contributed by atoms with van der Waals surface area (Å²) >= 11 is 3.04. The molecule has 8 nitrogen and oxygen atoms in total. The fraction of sp³-hybridized carbons (Fsp3) is 0. The van der Waals surface area contributed by atoms with Crippen molar-refractivity contribution in [3.63, 3.8) is 0 Å². The number of aromatic nitrogens is 1. The monoisotopic (exact) mass is 359 g/mol. The first-order valence-electron chi connectivity index (χ1n) is 5.71. The van der Waals surface area contributed by atoms with Gasteiger partial charge in [-0.25, -0.2) is 0 Å². The number of halogens is 1. The molecule has 2 aromatic rings. The van der Waals surface area contributed by atoms with Gasteiger partial charge in [-0.15, -0.1) is 0 Å². The number of pyridine rings is 1. The van der Waals surface area contributed by atoms with Gasteiger partial charge in [0.25, 0.3) is 11.2 Å². The highest BCUT2D eigenvalue weighted by Gasteiger charge is 2.21. The Hall–Kier alpha value is -3.17. The smallest absolute Gasteiger partial charge is 0.284 e. The molecule has 0 aliphatic rings. The van der Waals surface area contributed by atoms with Gasteiger partial charge in [0.05, 0.1) is 9.40 Å². The Morgan fingerprint density at radius 2 is 1.91 bits per heavy atom. The number of nitro groups is 1. The molecular weight excluding hydrogens is 354 g/mol. The molecule has 2 rings (SSSR count). The maximum Gasteiger partial charge on any atom is 0.284 e. The molecule has 3 N–H and O–H groups in total. The summed E-state index contributed by atoms with van der Waals surface area (Å²) in [5, 5.41) is 29.3. The summed E-state index contributed by atoms with van der Waals surface area (Å²) < 4.78 is 0.232. The maximum atomic E-state index is 11.8. The average molecular weight is 360 g/mol. The molecule has 1 aromatic carbocycles. The molecule has 0 atom stereocenters. The number of anilines is 1. The predicted molar refractivity (Wildman–Crippen MR) is 80.7 cm³/mol. The molecule has 0 fully saturated rings. The van der Waals surface area contributed by atoms with E-state index < -0.39 is 10.5 Å².